The highest BCUT2D eigenvalue weighted by molar-refractivity contribution is 5.98. The van der Waals surface area contributed by atoms with Crippen LogP contribution in [-0.2, 0) is 25.5 Å². The number of H-pyrrole nitrogens is 1. The fourth-order valence-electron chi connectivity index (χ4n) is 8.50. The number of amides is 3. The molecule has 2 aromatic rings. The highest BCUT2D eigenvalue weighted by atomic mass is 16.7. The Morgan fingerprint density at radius 1 is 1.22 bits per heavy atom. The summed E-state index contributed by atoms with van der Waals surface area (Å²) in [5.41, 5.74) is 1.93. The van der Waals surface area contributed by atoms with Crippen LogP contribution >= 0.6 is 0 Å². The lowest BCUT2D eigenvalue weighted by Gasteiger charge is -2.49. The molecule has 1 aliphatic carbocycles. The monoisotopic (exact) mass is 563 g/mol. The summed E-state index contributed by atoms with van der Waals surface area (Å²) in [4.78, 5) is 50.6. The molecule has 0 bridgehead atoms. The summed E-state index contributed by atoms with van der Waals surface area (Å²) < 4.78 is 6.42. The number of carbonyl (C=O) groups excluding carboxylic acids is 3. The van der Waals surface area contributed by atoms with Crippen LogP contribution in [0.5, 0.6) is 0 Å². The lowest BCUT2D eigenvalue weighted by Crippen LogP contribution is -2.72. The summed E-state index contributed by atoms with van der Waals surface area (Å²) in [5, 5.41) is 16.4. The second-order valence-corrected chi connectivity index (χ2v) is 13.5. The molecule has 7 atom stereocenters. The summed E-state index contributed by atoms with van der Waals surface area (Å²) in [6, 6.07) is 5.10. The summed E-state index contributed by atoms with van der Waals surface area (Å²) in [6.07, 6.45) is 4.94. The van der Waals surface area contributed by atoms with Crippen molar-refractivity contribution in [3.8, 4) is 0 Å². The molecule has 1 aromatic heterocycles. The maximum Gasteiger partial charge on any atom is 0.281 e. The fraction of sp³-hybridized carbons (Fsp3) is 0.645. The van der Waals surface area contributed by atoms with Crippen LogP contribution in [0.3, 0.4) is 0 Å². The van der Waals surface area contributed by atoms with Gasteiger partial charge in [-0.05, 0) is 55.8 Å². The molecule has 5 heterocycles. The van der Waals surface area contributed by atoms with Gasteiger partial charge in [-0.25, -0.2) is 0 Å². The standard InChI is InChI=1S/C31H41N5O5/c1-16(2)26-28(38)35-11-7-10-24(35)31(40)36(26)29(39)30(41-31,17(3)4)33-27(37)19-12-21-20-8-6-9-22-25(20)18(14-32-22)13-23(21)34(5)15-19/h6,8-9,14,16-17,19,21,23-24,26,32,40H,7,10-13,15H2,1-5H3,(H,33,37)/t19-,21-,23-,24+,26+,30-,31+/m1/s1. The quantitative estimate of drug-likeness (QED) is 0.525. The Balaban J connectivity index is 1.21. The molecule has 3 amide bonds. The van der Waals surface area contributed by atoms with Gasteiger partial charge in [-0.2, -0.15) is 0 Å². The number of aliphatic hydroxyl groups is 1. The second-order valence-electron chi connectivity index (χ2n) is 13.5. The number of aromatic amines is 1. The van der Waals surface area contributed by atoms with Gasteiger partial charge in [-0.1, -0.05) is 39.8 Å². The highest BCUT2D eigenvalue weighted by Gasteiger charge is 2.72. The Morgan fingerprint density at radius 3 is 2.73 bits per heavy atom. The summed E-state index contributed by atoms with van der Waals surface area (Å²) in [7, 11) is 2.07. The zero-order valence-corrected chi connectivity index (χ0v) is 24.5. The van der Waals surface area contributed by atoms with E-state index >= 15 is 0 Å². The molecule has 4 saturated heterocycles. The third kappa shape index (κ3) is 3.56. The van der Waals surface area contributed by atoms with Crippen LogP contribution in [0.1, 0.15) is 64.0 Å². The van der Waals surface area contributed by atoms with Gasteiger partial charge in [0.15, 0.2) is 0 Å². The molecule has 0 spiro atoms. The number of likely N-dealkylation sites (N-methyl/N-ethyl adjacent to an activating group) is 1. The predicted octanol–water partition coefficient (Wildman–Crippen LogP) is 2.13. The van der Waals surface area contributed by atoms with Crippen LogP contribution in [-0.4, -0.2) is 92.4 Å². The highest BCUT2D eigenvalue weighted by Crippen LogP contribution is 2.49. The smallest absolute Gasteiger partial charge is 0.281 e. The van der Waals surface area contributed by atoms with Crippen LogP contribution in [0.15, 0.2) is 24.4 Å². The van der Waals surface area contributed by atoms with Crippen molar-refractivity contribution < 1.29 is 24.2 Å². The van der Waals surface area contributed by atoms with Gasteiger partial charge in [-0.3, -0.25) is 24.0 Å². The number of aromatic nitrogens is 1. The normalized spacial score (nSPS) is 36.7. The molecule has 0 saturated carbocycles. The SMILES string of the molecule is CC(C)[C@H]1C(=O)N2CCC[C@H]2[C@]2(O)O[C@](NC(=O)[C@@H]3C[C@@H]4c5cccc6[nH]cc(c56)C[C@H]4N(C)C3)(C(C)C)C(=O)N12. The number of piperazine rings is 1. The molecule has 7 rings (SSSR count). The number of rotatable bonds is 4. The molecular weight excluding hydrogens is 522 g/mol. The van der Waals surface area contributed by atoms with Crippen LogP contribution in [0.2, 0.25) is 0 Å². The van der Waals surface area contributed by atoms with Crippen molar-refractivity contribution in [2.45, 2.75) is 89.1 Å². The molecule has 0 unspecified atom stereocenters. The van der Waals surface area contributed by atoms with Crippen molar-refractivity contribution in [1.29, 1.82) is 0 Å². The van der Waals surface area contributed by atoms with Crippen LogP contribution in [0.4, 0.5) is 0 Å². The molecule has 10 nitrogen and oxygen atoms in total. The second kappa shape index (κ2) is 9.02. The first-order chi connectivity index (χ1) is 19.5. The maximum absolute atomic E-state index is 14.3. The molecule has 5 aliphatic rings. The Hall–Kier alpha value is -2.95. The summed E-state index contributed by atoms with van der Waals surface area (Å²) in [6.45, 7) is 8.45. The Kier molecular flexibility index (Phi) is 5.92. The van der Waals surface area contributed by atoms with Gasteiger partial charge < -0.3 is 25.2 Å². The molecule has 0 radical (unpaired) electrons. The average Bonchev–Trinajstić information content (AvgIpc) is 3.64. The number of nitrogens with one attached hydrogen (secondary N) is 2. The van der Waals surface area contributed by atoms with E-state index in [4.69, 9.17) is 4.74 Å². The number of hydrogen-bond donors (Lipinski definition) is 3. The minimum absolute atomic E-state index is 0.162. The van der Waals surface area contributed by atoms with E-state index in [1.165, 1.54) is 21.4 Å². The van der Waals surface area contributed by atoms with Crippen molar-refractivity contribution in [1.82, 2.24) is 25.0 Å². The molecule has 1 aromatic carbocycles. The molecular formula is C31H41N5O5. The third-order valence-electron chi connectivity index (χ3n) is 10.5. The van der Waals surface area contributed by atoms with Gasteiger partial charge in [0.05, 0.1) is 5.92 Å². The Bertz CT molecular complexity index is 1440. The van der Waals surface area contributed by atoms with E-state index in [-0.39, 0.29) is 35.6 Å². The first-order valence-electron chi connectivity index (χ1n) is 15.2. The number of likely N-dealkylation sites (tertiary alicyclic amines) is 1. The first kappa shape index (κ1) is 26.9. The molecule has 10 heteroatoms. The Labute approximate surface area is 240 Å². The first-order valence-corrected chi connectivity index (χ1v) is 15.2. The number of piperidine rings is 1. The van der Waals surface area contributed by atoms with Crippen molar-refractivity contribution in [2.24, 2.45) is 17.8 Å². The Morgan fingerprint density at radius 2 is 2.00 bits per heavy atom. The van der Waals surface area contributed by atoms with E-state index in [0.29, 0.717) is 25.9 Å². The topological polar surface area (TPSA) is 118 Å². The minimum Gasteiger partial charge on any atom is -0.361 e. The molecule has 41 heavy (non-hydrogen) atoms. The van der Waals surface area contributed by atoms with Gasteiger partial charge in [-0.15, -0.1) is 0 Å². The number of hydrogen-bond acceptors (Lipinski definition) is 6. The minimum atomic E-state index is -1.99. The largest absolute Gasteiger partial charge is 0.361 e. The van der Waals surface area contributed by atoms with Crippen LogP contribution < -0.4 is 5.32 Å². The zero-order chi connectivity index (χ0) is 29.0. The summed E-state index contributed by atoms with van der Waals surface area (Å²) >= 11 is 0. The fourth-order valence-corrected chi connectivity index (χ4v) is 8.50. The van der Waals surface area contributed by atoms with Crippen molar-refractivity contribution >= 4 is 28.6 Å². The number of nitrogens with zero attached hydrogens (tertiary/aromatic N) is 3. The van der Waals surface area contributed by atoms with Crippen molar-refractivity contribution in [2.75, 3.05) is 20.1 Å². The van der Waals surface area contributed by atoms with Crippen LogP contribution in [0, 0.1) is 17.8 Å². The van der Waals surface area contributed by atoms with E-state index in [1.807, 2.05) is 27.7 Å². The van der Waals surface area contributed by atoms with Crippen molar-refractivity contribution in [3.05, 3.63) is 35.5 Å². The molecule has 220 valence electrons. The molecule has 3 N–H and O–H groups in total. The van der Waals surface area contributed by atoms with E-state index < -0.39 is 35.5 Å². The van der Waals surface area contributed by atoms with Gasteiger partial charge in [0.1, 0.15) is 12.1 Å². The third-order valence-corrected chi connectivity index (χ3v) is 10.5. The lowest BCUT2D eigenvalue weighted by molar-refractivity contribution is -0.323. The lowest BCUT2D eigenvalue weighted by atomic mass is 9.72. The molecule has 4 fully saturated rings. The van der Waals surface area contributed by atoms with Gasteiger partial charge in [0.2, 0.25) is 17.5 Å². The van der Waals surface area contributed by atoms with E-state index in [0.717, 1.165) is 18.4 Å². The summed E-state index contributed by atoms with van der Waals surface area (Å²) in [5.74, 6) is -3.87. The number of benzene rings is 1. The van der Waals surface area contributed by atoms with E-state index in [9.17, 15) is 19.5 Å². The zero-order valence-electron chi connectivity index (χ0n) is 24.5. The van der Waals surface area contributed by atoms with E-state index in [1.54, 1.807) is 4.90 Å². The van der Waals surface area contributed by atoms with Gasteiger partial charge >= 0.3 is 0 Å². The predicted molar refractivity (Wildman–Crippen MR) is 151 cm³/mol. The average molecular weight is 564 g/mol. The maximum atomic E-state index is 14.3. The van der Waals surface area contributed by atoms with Gasteiger partial charge in [0.25, 0.3) is 11.8 Å². The van der Waals surface area contributed by atoms with Gasteiger partial charge in [0, 0.05) is 48.1 Å². The number of carbonyl (C=O) groups is 3. The van der Waals surface area contributed by atoms with E-state index in [2.05, 4.69) is 46.6 Å². The van der Waals surface area contributed by atoms with Crippen LogP contribution in [0.25, 0.3) is 10.9 Å². The molecule has 4 aliphatic heterocycles. The number of ether oxygens (including phenoxy) is 1. The number of fused-ring (bicyclic) bond motifs is 5. The van der Waals surface area contributed by atoms with Crippen molar-refractivity contribution in [3.63, 3.8) is 0 Å².